The minimum Gasteiger partial charge on any atom is -0.456 e. The molecule has 32 heavy (non-hydrogen) atoms. The smallest absolute Gasteiger partial charge is 0.326 e. The molecule has 162 valence electrons. The Morgan fingerprint density at radius 2 is 1.62 bits per heavy atom. The fraction of sp³-hybridized carbons (Fsp3) is 0.192. The lowest BCUT2D eigenvalue weighted by Gasteiger charge is -2.16. The van der Waals surface area contributed by atoms with E-state index in [2.05, 4.69) is 6.58 Å². The fourth-order valence-electron chi connectivity index (χ4n) is 4.04. The van der Waals surface area contributed by atoms with Crippen LogP contribution in [0, 0.1) is 20.8 Å². The standard InChI is InChI=1S/C26H24N2O4/c1-16-9-11-20(12-10-16)28-17(2)13-23(19(28)4)24(29)15-32-25(30)14-27-18(3)21-7-5-6-8-22(21)26(27)31/h5-13H,3,14-15H2,1-2,4H3. The number of hydrogen-bond acceptors (Lipinski definition) is 4. The van der Waals surface area contributed by atoms with E-state index >= 15 is 0 Å². The molecule has 3 aromatic rings. The number of rotatable bonds is 6. The highest BCUT2D eigenvalue weighted by molar-refractivity contribution is 6.10. The number of aromatic nitrogens is 1. The number of benzene rings is 2. The lowest BCUT2D eigenvalue weighted by molar-refractivity contribution is -0.142. The first-order chi connectivity index (χ1) is 15.3. The summed E-state index contributed by atoms with van der Waals surface area (Å²) in [6.07, 6.45) is 0. The maximum atomic E-state index is 12.8. The molecule has 0 saturated heterocycles. The maximum Gasteiger partial charge on any atom is 0.326 e. The van der Waals surface area contributed by atoms with Gasteiger partial charge in [0.05, 0.1) is 0 Å². The van der Waals surface area contributed by atoms with E-state index in [1.165, 1.54) is 4.90 Å². The van der Waals surface area contributed by atoms with Crippen molar-refractivity contribution in [3.05, 3.63) is 94.8 Å². The Morgan fingerprint density at radius 1 is 0.969 bits per heavy atom. The number of ether oxygens (including phenoxy) is 1. The van der Waals surface area contributed by atoms with E-state index in [4.69, 9.17) is 4.74 Å². The SMILES string of the molecule is C=C1c2ccccc2C(=O)N1CC(=O)OCC(=O)c1cc(C)n(-c2ccc(C)cc2)c1C. The molecule has 0 radical (unpaired) electrons. The van der Waals surface area contributed by atoms with Gasteiger partial charge in [0.2, 0.25) is 5.78 Å². The normalized spacial score (nSPS) is 12.8. The number of carbonyl (C=O) groups is 3. The van der Waals surface area contributed by atoms with Crippen LogP contribution in [-0.4, -0.2) is 40.3 Å². The minimum atomic E-state index is -0.659. The molecular weight excluding hydrogens is 404 g/mol. The van der Waals surface area contributed by atoms with E-state index in [1.54, 1.807) is 24.3 Å². The molecule has 4 rings (SSSR count). The van der Waals surface area contributed by atoms with Crippen LogP contribution in [-0.2, 0) is 9.53 Å². The number of amides is 1. The van der Waals surface area contributed by atoms with Crippen molar-refractivity contribution in [1.29, 1.82) is 0 Å². The second-order valence-corrected chi connectivity index (χ2v) is 7.92. The molecular formula is C26H24N2O4. The summed E-state index contributed by atoms with van der Waals surface area (Å²) in [6.45, 7) is 9.04. The molecule has 2 aromatic carbocycles. The number of esters is 1. The van der Waals surface area contributed by atoms with Crippen LogP contribution in [0.3, 0.4) is 0 Å². The average molecular weight is 428 g/mol. The summed E-state index contributed by atoms with van der Waals surface area (Å²) in [5.41, 5.74) is 5.98. The van der Waals surface area contributed by atoms with Gasteiger partial charge in [-0.15, -0.1) is 0 Å². The Hall–Kier alpha value is -3.93. The van der Waals surface area contributed by atoms with Crippen LogP contribution in [0.25, 0.3) is 11.4 Å². The van der Waals surface area contributed by atoms with Gasteiger partial charge < -0.3 is 9.30 Å². The Morgan fingerprint density at radius 3 is 2.28 bits per heavy atom. The van der Waals surface area contributed by atoms with Crippen LogP contribution in [0.1, 0.15) is 43.2 Å². The van der Waals surface area contributed by atoms with Crippen molar-refractivity contribution in [2.24, 2.45) is 0 Å². The van der Waals surface area contributed by atoms with Gasteiger partial charge in [-0.25, -0.2) is 0 Å². The second kappa shape index (κ2) is 8.30. The first kappa shape index (κ1) is 21.3. The first-order valence-electron chi connectivity index (χ1n) is 10.3. The van der Waals surface area contributed by atoms with Gasteiger partial charge in [-0.3, -0.25) is 19.3 Å². The van der Waals surface area contributed by atoms with Gasteiger partial charge in [0.1, 0.15) is 6.54 Å². The van der Waals surface area contributed by atoms with Gasteiger partial charge in [-0.2, -0.15) is 0 Å². The molecule has 6 heteroatoms. The van der Waals surface area contributed by atoms with E-state index in [0.717, 1.165) is 22.6 Å². The van der Waals surface area contributed by atoms with Crippen LogP contribution in [0.5, 0.6) is 0 Å². The zero-order chi connectivity index (χ0) is 23.0. The fourth-order valence-corrected chi connectivity index (χ4v) is 4.04. The van der Waals surface area contributed by atoms with E-state index in [0.29, 0.717) is 22.4 Å². The number of ketones is 1. The molecule has 0 N–H and O–H groups in total. The van der Waals surface area contributed by atoms with Crippen molar-refractivity contribution in [2.45, 2.75) is 20.8 Å². The molecule has 1 aromatic heterocycles. The first-order valence-corrected chi connectivity index (χ1v) is 10.3. The predicted molar refractivity (Wildman–Crippen MR) is 122 cm³/mol. The topological polar surface area (TPSA) is 68.6 Å². The summed E-state index contributed by atoms with van der Waals surface area (Å²) in [5.74, 6) is -1.25. The highest BCUT2D eigenvalue weighted by atomic mass is 16.5. The summed E-state index contributed by atoms with van der Waals surface area (Å²) in [7, 11) is 0. The number of carbonyl (C=O) groups excluding carboxylic acids is 3. The van der Waals surface area contributed by atoms with Gasteiger partial charge >= 0.3 is 5.97 Å². The summed E-state index contributed by atoms with van der Waals surface area (Å²) in [6, 6.07) is 16.9. The van der Waals surface area contributed by atoms with E-state index < -0.39 is 12.6 Å². The minimum absolute atomic E-state index is 0.290. The Labute approximate surface area is 186 Å². The third-order valence-electron chi connectivity index (χ3n) is 5.71. The van der Waals surface area contributed by atoms with Gasteiger partial charge in [-0.05, 0) is 45.0 Å². The highest BCUT2D eigenvalue weighted by Gasteiger charge is 2.32. The van der Waals surface area contributed by atoms with E-state index in [-0.39, 0.29) is 18.2 Å². The monoisotopic (exact) mass is 428 g/mol. The molecule has 0 unspecified atom stereocenters. The zero-order valence-corrected chi connectivity index (χ0v) is 18.3. The number of aryl methyl sites for hydroxylation is 2. The predicted octanol–water partition coefficient (Wildman–Crippen LogP) is 4.26. The van der Waals surface area contributed by atoms with Crippen LogP contribution >= 0.6 is 0 Å². The summed E-state index contributed by atoms with van der Waals surface area (Å²) < 4.78 is 7.21. The lowest BCUT2D eigenvalue weighted by atomic mass is 10.1. The third-order valence-corrected chi connectivity index (χ3v) is 5.71. The zero-order valence-electron chi connectivity index (χ0n) is 18.3. The number of nitrogens with zero attached hydrogens (tertiary/aromatic N) is 2. The van der Waals surface area contributed by atoms with Crippen molar-refractivity contribution in [3.8, 4) is 5.69 Å². The van der Waals surface area contributed by atoms with Crippen molar-refractivity contribution in [1.82, 2.24) is 9.47 Å². The van der Waals surface area contributed by atoms with Gasteiger partial charge in [0.15, 0.2) is 6.61 Å². The Balaban J connectivity index is 1.42. The molecule has 1 aliphatic rings. The summed E-state index contributed by atoms with van der Waals surface area (Å²) in [5, 5.41) is 0. The summed E-state index contributed by atoms with van der Waals surface area (Å²) >= 11 is 0. The molecule has 2 heterocycles. The van der Waals surface area contributed by atoms with Crippen molar-refractivity contribution in [3.63, 3.8) is 0 Å². The lowest BCUT2D eigenvalue weighted by Crippen LogP contribution is -2.31. The molecule has 1 amide bonds. The maximum absolute atomic E-state index is 12.8. The second-order valence-electron chi connectivity index (χ2n) is 7.92. The van der Waals surface area contributed by atoms with E-state index in [9.17, 15) is 14.4 Å². The van der Waals surface area contributed by atoms with Gasteiger partial charge in [0, 0.05) is 39.5 Å². The summed E-state index contributed by atoms with van der Waals surface area (Å²) in [4.78, 5) is 39.0. The largest absolute Gasteiger partial charge is 0.456 e. The third kappa shape index (κ3) is 3.75. The molecule has 0 saturated carbocycles. The van der Waals surface area contributed by atoms with Crippen LogP contribution in [0.2, 0.25) is 0 Å². The van der Waals surface area contributed by atoms with E-state index in [1.807, 2.05) is 55.7 Å². The molecule has 1 aliphatic heterocycles. The van der Waals surface area contributed by atoms with Crippen LogP contribution < -0.4 is 0 Å². The Kier molecular flexibility index (Phi) is 5.53. The number of hydrogen-bond donors (Lipinski definition) is 0. The van der Waals surface area contributed by atoms with Crippen LogP contribution in [0.4, 0.5) is 0 Å². The quantitative estimate of drug-likeness (QED) is 0.435. The van der Waals surface area contributed by atoms with Gasteiger partial charge in [-0.1, -0.05) is 42.5 Å². The molecule has 6 nitrogen and oxygen atoms in total. The number of Topliss-reactive ketones (excluding diaryl/α,β-unsaturated/α-hetero) is 1. The highest BCUT2D eigenvalue weighted by Crippen LogP contribution is 2.30. The number of fused-ring (bicyclic) bond motifs is 1. The molecule has 0 bridgehead atoms. The van der Waals surface area contributed by atoms with Crippen molar-refractivity contribution in [2.75, 3.05) is 13.2 Å². The van der Waals surface area contributed by atoms with Crippen molar-refractivity contribution < 1.29 is 19.1 Å². The molecule has 0 atom stereocenters. The van der Waals surface area contributed by atoms with Gasteiger partial charge in [0.25, 0.3) is 5.91 Å². The van der Waals surface area contributed by atoms with Crippen molar-refractivity contribution >= 4 is 23.4 Å². The molecule has 0 aliphatic carbocycles. The molecule has 0 spiro atoms. The van der Waals surface area contributed by atoms with Crippen LogP contribution in [0.15, 0.2) is 61.2 Å². The molecule has 0 fully saturated rings. The Bertz CT molecular complexity index is 1220. The average Bonchev–Trinajstić information content (AvgIpc) is 3.21.